The number of nitrogens with two attached hydrogens (primary N) is 1. The second-order valence-electron chi connectivity index (χ2n) is 4.35. The Balaban J connectivity index is 2.58. The zero-order valence-electron chi connectivity index (χ0n) is 10.4. The summed E-state index contributed by atoms with van der Waals surface area (Å²) in [4.78, 5) is 0. The smallest absolute Gasteiger partial charge is 0.131 e. The van der Waals surface area contributed by atoms with E-state index in [4.69, 9.17) is 5.73 Å². The molecule has 0 aliphatic heterocycles. The van der Waals surface area contributed by atoms with E-state index in [0.29, 0.717) is 16.8 Å². The number of anilines is 1. The summed E-state index contributed by atoms with van der Waals surface area (Å²) in [7, 11) is 0. The highest BCUT2D eigenvalue weighted by atomic mass is 19.1. The van der Waals surface area contributed by atoms with Crippen LogP contribution in [0.25, 0.3) is 11.1 Å². The van der Waals surface area contributed by atoms with Crippen molar-refractivity contribution in [3.63, 3.8) is 0 Å². The lowest BCUT2D eigenvalue weighted by Gasteiger charge is -2.09. The average Bonchev–Trinajstić information content (AvgIpc) is 2.35. The minimum atomic E-state index is -0.416. The quantitative estimate of drug-likeness (QED) is 0.795. The third-order valence-electron chi connectivity index (χ3n) is 3.08. The third kappa shape index (κ3) is 2.21. The molecule has 2 aromatic rings. The summed E-state index contributed by atoms with van der Waals surface area (Å²) in [6.07, 6.45) is 0.760. The first-order valence-electron chi connectivity index (χ1n) is 5.87. The molecule has 1 nitrogen and oxygen atoms in total. The fourth-order valence-corrected chi connectivity index (χ4v) is 1.95. The predicted molar refractivity (Wildman–Crippen MR) is 70.3 cm³/mol. The van der Waals surface area contributed by atoms with Gasteiger partial charge in [0.2, 0.25) is 0 Å². The molecule has 2 aromatic carbocycles. The van der Waals surface area contributed by atoms with Crippen LogP contribution >= 0.6 is 0 Å². The molecule has 0 bridgehead atoms. The van der Waals surface area contributed by atoms with E-state index < -0.39 is 11.6 Å². The molecule has 0 saturated heterocycles. The summed E-state index contributed by atoms with van der Waals surface area (Å²) in [5.74, 6) is -0.818. The van der Waals surface area contributed by atoms with E-state index in [1.807, 2.05) is 13.0 Å². The lowest BCUT2D eigenvalue weighted by atomic mass is 9.99. The molecule has 0 heterocycles. The monoisotopic (exact) mass is 247 g/mol. The van der Waals surface area contributed by atoms with Crippen molar-refractivity contribution < 1.29 is 8.78 Å². The molecule has 0 spiro atoms. The lowest BCUT2D eigenvalue weighted by molar-refractivity contribution is 0.595. The van der Waals surface area contributed by atoms with Crippen molar-refractivity contribution in [2.24, 2.45) is 0 Å². The minimum Gasteiger partial charge on any atom is -0.399 e. The van der Waals surface area contributed by atoms with E-state index >= 15 is 0 Å². The number of nitrogen functional groups attached to an aromatic ring is 1. The highest BCUT2D eigenvalue weighted by molar-refractivity contribution is 5.68. The summed E-state index contributed by atoms with van der Waals surface area (Å²) in [6, 6.07) is 7.69. The maximum Gasteiger partial charge on any atom is 0.131 e. The van der Waals surface area contributed by atoms with Crippen LogP contribution in [0.5, 0.6) is 0 Å². The molecule has 0 aliphatic carbocycles. The van der Waals surface area contributed by atoms with Crippen LogP contribution in [0.15, 0.2) is 30.3 Å². The highest BCUT2D eigenvalue weighted by Gasteiger charge is 2.10. The SMILES string of the molecule is CCc1cc(-c2cc(F)c(C)cc2F)ccc1N. The molecule has 0 fully saturated rings. The third-order valence-corrected chi connectivity index (χ3v) is 3.08. The Morgan fingerprint density at radius 1 is 1.06 bits per heavy atom. The maximum atomic E-state index is 13.9. The second-order valence-corrected chi connectivity index (χ2v) is 4.35. The van der Waals surface area contributed by atoms with E-state index in [1.165, 1.54) is 12.1 Å². The molecule has 0 atom stereocenters. The summed E-state index contributed by atoms with van der Waals surface area (Å²) < 4.78 is 27.4. The highest BCUT2D eigenvalue weighted by Crippen LogP contribution is 2.28. The molecule has 94 valence electrons. The lowest BCUT2D eigenvalue weighted by Crippen LogP contribution is -1.95. The number of rotatable bonds is 2. The summed E-state index contributed by atoms with van der Waals surface area (Å²) in [6.45, 7) is 3.52. The van der Waals surface area contributed by atoms with Gasteiger partial charge in [0.05, 0.1) is 0 Å². The van der Waals surface area contributed by atoms with Crippen LogP contribution in [-0.2, 0) is 6.42 Å². The molecule has 0 saturated carbocycles. The normalized spacial score (nSPS) is 10.7. The Bertz CT molecular complexity index is 591. The number of hydrogen-bond donors (Lipinski definition) is 1. The molecular weight excluding hydrogens is 232 g/mol. The van der Waals surface area contributed by atoms with Crippen molar-refractivity contribution >= 4 is 5.69 Å². The van der Waals surface area contributed by atoms with Crippen LogP contribution in [0.3, 0.4) is 0 Å². The zero-order chi connectivity index (χ0) is 13.3. The van der Waals surface area contributed by atoms with Crippen LogP contribution < -0.4 is 5.73 Å². The Kier molecular flexibility index (Phi) is 3.32. The summed E-state index contributed by atoms with van der Waals surface area (Å²) >= 11 is 0. The summed E-state index contributed by atoms with van der Waals surface area (Å²) in [5, 5.41) is 0. The number of benzene rings is 2. The van der Waals surface area contributed by atoms with E-state index in [1.54, 1.807) is 19.1 Å². The number of hydrogen-bond acceptors (Lipinski definition) is 1. The van der Waals surface area contributed by atoms with Gasteiger partial charge in [-0.1, -0.05) is 13.0 Å². The summed E-state index contributed by atoms with van der Waals surface area (Å²) in [5.41, 5.74) is 8.64. The first-order valence-corrected chi connectivity index (χ1v) is 5.87. The Morgan fingerprint density at radius 3 is 2.44 bits per heavy atom. The number of halogens is 2. The molecule has 0 aliphatic rings. The standard InChI is InChI=1S/C15H15F2N/c1-3-10-7-11(4-5-15(10)18)12-8-13(16)9(2)6-14(12)17/h4-8H,3,18H2,1-2H3. The first-order chi connectivity index (χ1) is 8.52. The van der Waals surface area contributed by atoms with Crippen LogP contribution in [0.1, 0.15) is 18.1 Å². The molecule has 2 rings (SSSR count). The van der Waals surface area contributed by atoms with E-state index in [2.05, 4.69) is 0 Å². The fraction of sp³-hybridized carbons (Fsp3) is 0.200. The fourth-order valence-electron chi connectivity index (χ4n) is 1.95. The van der Waals surface area contributed by atoms with E-state index in [0.717, 1.165) is 12.0 Å². The van der Waals surface area contributed by atoms with E-state index in [9.17, 15) is 8.78 Å². The van der Waals surface area contributed by atoms with Crippen molar-refractivity contribution in [2.75, 3.05) is 5.73 Å². The van der Waals surface area contributed by atoms with Gasteiger partial charge in [-0.25, -0.2) is 8.78 Å². The van der Waals surface area contributed by atoms with Gasteiger partial charge in [-0.15, -0.1) is 0 Å². The zero-order valence-corrected chi connectivity index (χ0v) is 10.4. The largest absolute Gasteiger partial charge is 0.399 e. The molecule has 0 radical (unpaired) electrons. The topological polar surface area (TPSA) is 26.0 Å². The molecule has 0 amide bonds. The predicted octanol–water partition coefficient (Wildman–Crippen LogP) is 4.08. The van der Waals surface area contributed by atoms with E-state index in [-0.39, 0.29) is 5.56 Å². The van der Waals surface area contributed by atoms with Crippen molar-refractivity contribution in [1.82, 2.24) is 0 Å². The van der Waals surface area contributed by atoms with Gasteiger partial charge in [-0.2, -0.15) is 0 Å². The molecule has 3 heteroatoms. The van der Waals surface area contributed by atoms with Gasteiger partial charge in [-0.05, 0) is 54.3 Å². The molecular formula is C15H15F2N. The Labute approximate surface area is 105 Å². The van der Waals surface area contributed by atoms with Crippen LogP contribution in [0, 0.1) is 18.6 Å². The number of aryl methyl sites for hydroxylation is 2. The van der Waals surface area contributed by atoms with Crippen LogP contribution in [0.4, 0.5) is 14.5 Å². The van der Waals surface area contributed by atoms with Gasteiger partial charge in [-0.3, -0.25) is 0 Å². The van der Waals surface area contributed by atoms with Crippen LogP contribution in [0.2, 0.25) is 0 Å². The van der Waals surface area contributed by atoms with Gasteiger partial charge in [0.1, 0.15) is 11.6 Å². The van der Waals surface area contributed by atoms with Gasteiger partial charge < -0.3 is 5.73 Å². The minimum absolute atomic E-state index is 0.271. The van der Waals surface area contributed by atoms with Crippen LogP contribution in [-0.4, -0.2) is 0 Å². The van der Waals surface area contributed by atoms with Crippen molar-refractivity contribution in [3.05, 3.63) is 53.1 Å². The first kappa shape index (κ1) is 12.6. The Hall–Kier alpha value is -1.90. The van der Waals surface area contributed by atoms with Gasteiger partial charge in [0.15, 0.2) is 0 Å². The van der Waals surface area contributed by atoms with Gasteiger partial charge >= 0.3 is 0 Å². The Morgan fingerprint density at radius 2 is 1.78 bits per heavy atom. The van der Waals surface area contributed by atoms with Crippen molar-refractivity contribution in [3.8, 4) is 11.1 Å². The maximum absolute atomic E-state index is 13.9. The van der Waals surface area contributed by atoms with Gasteiger partial charge in [0, 0.05) is 11.3 Å². The molecule has 0 aromatic heterocycles. The van der Waals surface area contributed by atoms with Crippen molar-refractivity contribution in [1.29, 1.82) is 0 Å². The van der Waals surface area contributed by atoms with Crippen molar-refractivity contribution in [2.45, 2.75) is 20.3 Å². The molecule has 0 unspecified atom stereocenters. The average molecular weight is 247 g/mol. The molecule has 18 heavy (non-hydrogen) atoms. The van der Waals surface area contributed by atoms with Gasteiger partial charge in [0.25, 0.3) is 0 Å². The second kappa shape index (κ2) is 4.77. The molecule has 2 N–H and O–H groups in total.